The second kappa shape index (κ2) is 5.29. The van der Waals surface area contributed by atoms with Crippen LogP contribution in [0.3, 0.4) is 0 Å². The Kier molecular flexibility index (Phi) is 3.93. The summed E-state index contributed by atoms with van der Waals surface area (Å²) in [6.07, 6.45) is 0.943. The van der Waals surface area contributed by atoms with E-state index in [-0.39, 0.29) is 18.1 Å². The van der Waals surface area contributed by atoms with E-state index >= 15 is 0 Å². The summed E-state index contributed by atoms with van der Waals surface area (Å²) in [5.41, 5.74) is 1.07. The number of carbonyl (C=O) groups excluding carboxylic acids is 1. The lowest BCUT2D eigenvalue weighted by Gasteiger charge is -2.19. The molecule has 1 N–H and O–H groups in total. The van der Waals surface area contributed by atoms with Gasteiger partial charge in [-0.05, 0) is 23.6 Å². The van der Waals surface area contributed by atoms with E-state index < -0.39 is 0 Å². The Bertz CT molecular complexity index is 432. The second-order valence-electron chi connectivity index (χ2n) is 4.93. The van der Waals surface area contributed by atoms with E-state index in [0.717, 1.165) is 12.0 Å². The van der Waals surface area contributed by atoms with Crippen LogP contribution in [0.15, 0.2) is 24.3 Å². The van der Waals surface area contributed by atoms with E-state index in [4.69, 9.17) is 11.6 Å². The van der Waals surface area contributed by atoms with E-state index in [9.17, 15) is 4.79 Å². The summed E-state index contributed by atoms with van der Waals surface area (Å²) in [6, 6.07) is 7.55. The summed E-state index contributed by atoms with van der Waals surface area (Å²) in [4.78, 5) is 14.0. The number of nitrogens with zero attached hydrogens (tertiary/aromatic N) is 1. The molecule has 1 amide bonds. The number of hydrogen-bond acceptors (Lipinski definition) is 2. The number of nitrogens with one attached hydrogen (secondary N) is 1. The molecule has 0 aliphatic carbocycles. The van der Waals surface area contributed by atoms with Crippen LogP contribution in [0.4, 0.5) is 0 Å². The molecule has 0 spiro atoms. The van der Waals surface area contributed by atoms with Gasteiger partial charge in [0.2, 0.25) is 5.91 Å². The van der Waals surface area contributed by atoms with Gasteiger partial charge in [-0.2, -0.15) is 0 Å². The van der Waals surface area contributed by atoms with E-state index in [1.54, 1.807) is 4.90 Å². The van der Waals surface area contributed by atoms with Crippen LogP contribution in [-0.2, 0) is 4.79 Å². The molecule has 1 aromatic carbocycles. The molecule has 18 heavy (non-hydrogen) atoms. The molecule has 3 atom stereocenters. The fourth-order valence-electron chi connectivity index (χ4n) is 2.31. The van der Waals surface area contributed by atoms with Gasteiger partial charge in [0.25, 0.3) is 0 Å². The molecular weight excluding hydrogens is 248 g/mol. The average molecular weight is 267 g/mol. The molecule has 3 unspecified atom stereocenters. The summed E-state index contributed by atoms with van der Waals surface area (Å²) in [5.74, 6) is 0.515. The summed E-state index contributed by atoms with van der Waals surface area (Å²) < 4.78 is 0. The minimum absolute atomic E-state index is 0.0474. The molecule has 1 aliphatic heterocycles. The Labute approximate surface area is 113 Å². The summed E-state index contributed by atoms with van der Waals surface area (Å²) in [7, 11) is 1.84. The van der Waals surface area contributed by atoms with Crippen molar-refractivity contribution in [2.45, 2.75) is 32.5 Å². The lowest BCUT2D eigenvalue weighted by molar-refractivity contribution is -0.129. The summed E-state index contributed by atoms with van der Waals surface area (Å²) in [6.45, 7) is 4.21. The number of rotatable bonds is 3. The first-order chi connectivity index (χ1) is 8.54. The molecule has 1 heterocycles. The van der Waals surface area contributed by atoms with Gasteiger partial charge in [0, 0.05) is 12.1 Å². The van der Waals surface area contributed by atoms with Gasteiger partial charge in [0.15, 0.2) is 0 Å². The zero-order valence-corrected chi connectivity index (χ0v) is 11.7. The Hall–Kier alpha value is -1.06. The van der Waals surface area contributed by atoms with Crippen molar-refractivity contribution in [1.29, 1.82) is 0 Å². The normalized spacial score (nSPS) is 25.6. The van der Waals surface area contributed by atoms with Gasteiger partial charge in [-0.1, -0.05) is 44.0 Å². The first kappa shape index (κ1) is 13.4. The second-order valence-corrected chi connectivity index (χ2v) is 5.37. The van der Waals surface area contributed by atoms with Crippen molar-refractivity contribution in [3.05, 3.63) is 34.9 Å². The molecule has 0 aromatic heterocycles. The van der Waals surface area contributed by atoms with E-state index in [1.807, 2.05) is 31.3 Å². The van der Waals surface area contributed by atoms with Gasteiger partial charge in [0.05, 0.1) is 6.04 Å². The maximum absolute atomic E-state index is 12.2. The zero-order chi connectivity index (χ0) is 13.3. The van der Waals surface area contributed by atoms with Crippen LogP contribution in [0.25, 0.3) is 0 Å². The number of likely N-dealkylation sites (N-methyl/N-ethyl adjacent to an activating group) is 1. The average Bonchev–Trinajstić information content (AvgIpc) is 2.67. The Morgan fingerprint density at radius 1 is 1.39 bits per heavy atom. The molecule has 2 rings (SSSR count). The van der Waals surface area contributed by atoms with Gasteiger partial charge in [-0.15, -0.1) is 0 Å². The van der Waals surface area contributed by atoms with Crippen LogP contribution in [0.1, 0.15) is 32.0 Å². The molecule has 0 bridgehead atoms. The van der Waals surface area contributed by atoms with Crippen LogP contribution in [0, 0.1) is 5.92 Å². The van der Waals surface area contributed by atoms with Crippen molar-refractivity contribution >= 4 is 17.5 Å². The third-order valence-electron chi connectivity index (χ3n) is 3.74. The molecule has 1 fully saturated rings. The van der Waals surface area contributed by atoms with Crippen LogP contribution in [0.2, 0.25) is 5.02 Å². The minimum atomic E-state index is -0.0827. The third kappa shape index (κ3) is 2.38. The number of halogens is 1. The lowest BCUT2D eigenvalue weighted by atomic mass is 9.99. The maximum atomic E-state index is 12.2. The third-order valence-corrected chi connectivity index (χ3v) is 3.99. The largest absolute Gasteiger partial charge is 0.325 e. The quantitative estimate of drug-likeness (QED) is 0.912. The number of carbonyl (C=O) groups is 1. The smallest absolute Gasteiger partial charge is 0.241 e. The molecule has 0 saturated carbocycles. The topological polar surface area (TPSA) is 32.3 Å². The van der Waals surface area contributed by atoms with Crippen molar-refractivity contribution in [1.82, 2.24) is 10.2 Å². The summed E-state index contributed by atoms with van der Waals surface area (Å²) >= 11 is 5.88. The fourth-order valence-corrected chi connectivity index (χ4v) is 2.43. The Morgan fingerprint density at radius 2 is 2.00 bits per heavy atom. The lowest BCUT2D eigenvalue weighted by Crippen LogP contribution is -2.35. The van der Waals surface area contributed by atoms with Crippen molar-refractivity contribution in [2.24, 2.45) is 5.92 Å². The molecule has 3 nitrogen and oxygen atoms in total. The molecule has 1 aromatic rings. The maximum Gasteiger partial charge on any atom is 0.241 e. The molecule has 4 heteroatoms. The van der Waals surface area contributed by atoms with Crippen LogP contribution in [-0.4, -0.2) is 23.9 Å². The van der Waals surface area contributed by atoms with Crippen molar-refractivity contribution in [3.8, 4) is 0 Å². The predicted molar refractivity (Wildman–Crippen MR) is 73.3 cm³/mol. The van der Waals surface area contributed by atoms with Gasteiger partial charge in [0.1, 0.15) is 6.17 Å². The highest BCUT2D eigenvalue weighted by molar-refractivity contribution is 6.30. The van der Waals surface area contributed by atoms with Crippen LogP contribution < -0.4 is 5.32 Å². The number of benzene rings is 1. The van der Waals surface area contributed by atoms with E-state index in [2.05, 4.69) is 19.2 Å². The van der Waals surface area contributed by atoms with Crippen LogP contribution in [0.5, 0.6) is 0 Å². The Morgan fingerprint density at radius 3 is 2.56 bits per heavy atom. The molecule has 1 saturated heterocycles. The first-order valence-corrected chi connectivity index (χ1v) is 6.70. The molecule has 0 radical (unpaired) electrons. The Balaban J connectivity index is 2.21. The standard InChI is InChI=1S/C14H19ClN2O/c1-4-9(2)12-14(18)17(3)13(16-12)10-5-7-11(15)8-6-10/h5-9,12-13,16H,4H2,1-3H3. The predicted octanol–water partition coefficient (Wildman–Crippen LogP) is 2.81. The highest BCUT2D eigenvalue weighted by atomic mass is 35.5. The number of hydrogen-bond donors (Lipinski definition) is 1. The number of amides is 1. The highest BCUT2D eigenvalue weighted by Gasteiger charge is 2.39. The van der Waals surface area contributed by atoms with Gasteiger partial charge < -0.3 is 4.90 Å². The monoisotopic (exact) mass is 266 g/mol. The van der Waals surface area contributed by atoms with Gasteiger partial charge in [-0.25, -0.2) is 0 Å². The van der Waals surface area contributed by atoms with E-state index in [1.165, 1.54) is 0 Å². The highest BCUT2D eigenvalue weighted by Crippen LogP contribution is 2.28. The van der Waals surface area contributed by atoms with Crippen molar-refractivity contribution < 1.29 is 4.79 Å². The fraction of sp³-hybridized carbons (Fsp3) is 0.500. The molecular formula is C14H19ClN2O. The first-order valence-electron chi connectivity index (χ1n) is 6.32. The summed E-state index contributed by atoms with van der Waals surface area (Å²) in [5, 5.41) is 4.12. The van der Waals surface area contributed by atoms with E-state index in [0.29, 0.717) is 10.9 Å². The van der Waals surface area contributed by atoms with Crippen molar-refractivity contribution in [3.63, 3.8) is 0 Å². The molecule has 1 aliphatic rings. The van der Waals surface area contributed by atoms with Crippen LogP contribution >= 0.6 is 11.6 Å². The van der Waals surface area contributed by atoms with Gasteiger partial charge in [-0.3, -0.25) is 10.1 Å². The zero-order valence-electron chi connectivity index (χ0n) is 11.0. The van der Waals surface area contributed by atoms with Gasteiger partial charge >= 0.3 is 0 Å². The SMILES string of the molecule is CCC(C)C1NC(c2ccc(Cl)cc2)N(C)C1=O. The van der Waals surface area contributed by atoms with Crippen molar-refractivity contribution in [2.75, 3.05) is 7.05 Å². The minimum Gasteiger partial charge on any atom is -0.325 e. The molecule has 98 valence electrons.